The highest BCUT2D eigenvalue weighted by Gasteiger charge is 2.38. The Morgan fingerprint density at radius 3 is 2.15 bits per heavy atom. The molecule has 0 aromatic carbocycles. The van der Waals surface area contributed by atoms with Gasteiger partial charge in [-0.05, 0) is 6.92 Å². The second-order valence-corrected chi connectivity index (χ2v) is 3.08. The minimum Gasteiger partial charge on any atom is -0.393 e. The first-order valence-electron chi connectivity index (χ1n) is 3.69. The molecule has 4 atom stereocenters. The van der Waals surface area contributed by atoms with E-state index in [2.05, 4.69) is 0 Å². The van der Waals surface area contributed by atoms with Crippen LogP contribution in [0.5, 0.6) is 0 Å². The highest BCUT2D eigenvalue weighted by molar-refractivity contribution is 5.56. The average molecular weight is 194 g/mol. The molecule has 0 saturated heterocycles. The fourth-order valence-corrected chi connectivity index (χ4v) is 0.729. The minimum atomic E-state index is -1.95. The average Bonchev–Trinajstić information content (AvgIpc) is 2.14. The zero-order valence-electron chi connectivity index (χ0n) is 7.16. The smallest absolute Gasteiger partial charge is 0.151 e. The predicted molar refractivity (Wildman–Crippen MR) is 41.8 cm³/mol. The van der Waals surface area contributed by atoms with Crippen LogP contribution in [0.25, 0.3) is 0 Å². The van der Waals surface area contributed by atoms with E-state index in [-0.39, 0.29) is 6.29 Å². The van der Waals surface area contributed by atoms with Crippen LogP contribution in [-0.2, 0) is 4.79 Å². The quantitative estimate of drug-likeness (QED) is 0.298. The van der Waals surface area contributed by atoms with Gasteiger partial charge < -0.3 is 30.3 Å². The van der Waals surface area contributed by atoms with Crippen LogP contribution in [0.3, 0.4) is 0 Å². The van der Waals surface area contributed by atoms with Crippen molar-refractivity contribution in [3.63, 3.8) is 0 Å². The molecule has 0 fully saturated rings. The molecule has 78 valence electrons. The Labute approximate surface area is 75.1 Å². The van der Waals surface area contributed by atoms with Crippen LogP contribution in [0.15, 0.2) is 0 Å². The Morgan fingerprint density at radius 1 is 1.38 bits per heavy atom. The summed E-state index contributed by atoms with van der Waals surface area (Å²) in [4.78, 5) is 10.0. The van der Waals surface area contributed by atoms with Gasteiger partial charge in [0.1, 0.15) is 23.9 Å². The Morgan fingerprint density at radius 2 is 1.85 bits per heavy atom. The van der Waals surface area contributed by atoms with Crippen molar-refractivity contribution in [2.75, 3.05) is 6.61 Å². The summed E-state index contributed by atoms with van der Waals surface area (Å²) in [6, 6.07) is 0. The van der Waals surface area contributed by atoms with E-state index < -0.39 is 30.5 Å². The number of hydrogen-bond acceptors (Lipinski definition) is 6. The SMILES string of the molecule is CC(O)(CO)C(O)C(O)C(O)C=O. The summed E-state index contributed by atoms with van der Waals surface area (Å²) in [5.41, 5.74) is -1.95. The van der Waals surface area contributed by atoms with Crippen LogP contribution < -0.4 is 0 Å². The van der Waals surface area contributed by atoms with Gasteiger partial charge in [0, 0.05) is 0 Å². The third-order valence-electron chi connectivity index (χ3n) is 1.77. The van der Waals surface area contributed by atoms with Gasteiger partial charge in [-0.2, -0.15) is 0 Å². The summed E-state index contributed by atoms with van der Waals surface area (Å²) in [6.07, 6.45) is -5.37. The van der Waals surface area contributed by atoms with Crippen LogP contribution in [0.4, 0.5) is 0 Å². The maximum atomic E-state index is 10.0. The zero-order chi connectivity index (χ0) is 10.6. The van der Waals surface area contributed by atoms with E-state index in [1.54, 1.807) is 0 Å². The first kappa shape index (κ1) is 12.5. The summed E-state index contributed by atoms with van der Waals surface area (Å²) in [7, 11) is 0. The zero-order valence-corrected chi connectivity index (χ0v) is 7.16. The first-order chi connectivity index (χ1) is 5.86. The van der Waals surface area contributed by atoms with Crippen LogP contribution in [-0.4, -0.2) is 62.3 Å². The van der Waals surface area contributed by atoms with Crippen molar-refractivity contribution in [2.45, 2.75) is 30.8 Å². The van der Waals surface area contributed by atoms with Gasteiger partial charge in [-0.25, -0.2) is 0 Å². The molecular weight excluding hydrogens is 180 g/mol. The van der Waals surface area contributed by atoms with E-state index in [0.717, 1.165) is 6.92 Å². The fourth-order valence-electron chi connectivity index (χ4n) is 0.729. The van der Waals surface area contributed by atoms with E-state index >= 15 is 0 Å². The number of aliphatic hydroxyl groups is 5. The van der Waals surface area contributed by atoms with Gasteiger partial charge in [0.15, 0.2) is 6.29 Å². The first-order valence-corrected chi connectivity index (χ1v) is 3.69. The van der Waals surface area contributed by atoms with Crippen LogP contribution in [0.1, 0.15) is 6.92 Å². The van der Waals surface area contributed by atoms with Gasteiger partial charge in [-0.15, -0.1) is 0 Å². The third kappa shape index (κ3) is 3.02. The highest BCUT2D eigenvalue weighted by atomic mass is 16.4. The Hall–Kier alpha value is -0.530. The van der Waals surface area contributed by atoms with E-state index in [1.807, 2.05) is 0 Å². The lowest BCUT2D eigenvalue weighted by Gasteiger charge is -2.31. The van der Waals surface area contributed by atoms with Crippen LogP contribution in [0, 0.1) is 0 Å². The molecule has 0 rings (SSSR count). The Bertz CT molecular complexity index is 168. The molecule has 0 aliphatic rings. The second-order valence-electron chi connectivity index (χ2n) is 3.08. The van der Waals surface area contributed by atoms with Crippen LogP contribution >= 0.6 is 0 Å². The lowest BCUT2D eigenvalue weighted by molar-refractivity contribution is -0.162. The van der Waals surface area contributed by atoms with Crippen molar-refractivity contribution < 1.29 is 30.3 Å². The highest BCUT2D eigenvalue weighted by Crippen LogP contribution is 2.14. The topological polar surface area (TPSA) is 118 Å². The largest absolute Gasteiger partial charge is 0.393 e. The minimum absolute atomic E-state index is 0.0291. The number of rotatable bonds is 5. The Kier molecular flexibility index (Phi) is 4.45. The number of aliphatic hydroxyl groups excluding tert-OH is 4. The van der Waals surface area contributed by atoms with E-state index in [9.17, 15) is 9.90 Å². The lowest BCUT2D eigenvalue weighted by atomic mass is 9.93. The number of aldehydes is 1. The molecule has 4 unspecified atom stereocenters. The van der Waals surface area contributed by atoms with Gasteiger partial charge in [0.2, 0.25) is 0 Å². The lowest BCUT2D eigenvalue weighted by Crippen LogP contribution is -2.53. The van der Waals surface area contributed by atoms with Crippen LogP contribution in [0.2, 0.25) is 0 Å². The van der Waals surface area contributed by atoms with Crippen molar-refractivity contribution in [3.8, 4) is 0 Å². The molecule has 0 bridgehead atoms. The van der Waals surface area contributed by atoms with Crippen molar-refractivity contribution >= 4 is 6.29 Å². The number of hydrogen-bond donors (Lipinski definition) is 5. The summed E-state index contributed by atoms with van der Waals surface area (Å²) < 4.78 is 0. The molecule has 0 aromatic rings. The standard InChI is InChI=1S/C7H14O6/c1-7(13,3-9)6(12)5(11)4(10)2-8/h2,4-6,9-13H,3H2,1H3. The molecule has 6 nitrogen and oxygen atoms in total. The van der Waals surface area contributed by atoms with Gasteiger partial charge >= 0.3 is 0 Å². The predicted octanol–water partition coefficient (Wildman–Crippen LogP) is -2.99. The summed E-state index contributed by atoms with van der Waals surface area (Å²) >= 11 is 0. The third-order valence-corrected chi connectivity index (χ3v) is 1.77. The van der Waals surface area contributed by atoms with Gasteiger partial charge in [-0.3, -0.25) is 0 Å². The maximum absolute atomic E-state index is 10.0. The molecule has 0 heterocycles. The summed E-state index contributed by atoms with van der Waals surface area (Å²) in [6.45, 7) is 0.273. The monoisotopic (exact) mass is 194 g/mol. The van der Waals surface area contributed by atoms with Gasteiger partial charge in [0.25, 0.3) is 0 Å². The van der Waals surface area contributed by atoms with E-state index in [4.69, 9.17) is 20.4 Å². The van der Waals surface area contributed by atoms with Crippen molar-refractivity contribution in [3.05, 3.63) is 0 Å². The van der Waals surface area contributed by atoms with Gasteiger partial charge in [-0.1, -0.05) is 0 Å². The number of carbonyl (C=O) groups excluding carboxylic acids is 1. The second kappa shape index (κ2) is 4.64. The molecule has 0 aliphatic carbocycles. The molecule has 0 spiro atoms. The Balaban J connectivity index is 4.40. The molecule has 0 aliphatic heterocycles. The number of carbonyl (C=O) groups is 1. The molecule has 0 aromatic heterocycles. The molecule has 13 heavy (non-hydrogen) atoms. The van der Waals surface area contributed by atoms with Crippen molar-refractivity contribution in [2.24, 2.45) is 0 Å². The van der Waals surface area contributed by atoms with E-state index in [1.165, 1.54) is 0 Å². The van der Waals surface area contributed by atoms with Crippen molar-refractivity contribution in [1.82, 2.24) is 0 Å². The fraction of sp³-hybridized carbons (Fsp3) is 0.857. The van der Waals surface area contributed by atoms with Crippen molar-refractivity contribution in [1.29, 1.82) is 0 Å². The molecular formula is C7H14O6. The summed E-state index contributed by atoms with van der Waals surface area (Å²) in [5.74, 6) is 0. The van der Waals surface area contributed by atoms with Gasteiger partial charge in [0.05, 0.1) is 6.61 Å². The van der Waals surface area contributed by atoms with E-state index in [0.29, 0.717) is 0 Å². The molecule has 5 N–H and O–H groups in total. The molecule has 0 amide bonds. The molecule has 6 heteroatoms. The summed E-state index contributed by atoms with van der Waals surface area (Å²) in [5, 5.41) is 44.8. The molecule has 0 radical (unpaired) electrons. The maximum Gasteiger partial charge on any atom is 0.151 e. The molecule has 0 saturated carbocycles. The normalized spacial score (nSPS) is 22.9.